The highest BCUT2D eigenvalue weighted by Crippen LogP contribution is 2.20. The van der Waals surface area contributed by atoms with Crippen molar-refractivity contribution in [1.29, 1.82) is 0 Å². The van der Waals surface area contributed by atoms with E-state index in [9.17, 15) is 9.90 Å². The predicted octanol–water partition coefficient (Wildman–Crippen LogP) is 0.0937. The molecular formula is C13H23NO6. The summed E-state index contributed by atoms with van der Waals surface area (Å²) in [4.78, 5) is 13.3. The van der Waals surface area contributed by atoms with Gasteiger partial charge in [-0.3, -0.25) is 0 Å². The number of likely N-dealkylation sites (tertiary alicyclic amines) is 1. The van der Waals surface area contributed by atoms with Gasteiger partial charge in [0.1, 0.15) is 6.61 Å². The Morgan fingerprint density at radius 1 is 1.25 bits per heavy atom. The minimum Gasteiger partial charge on any atom is -0.447 e. The fourth-order valence-corrected chi connectivity index (χ4v) is 2.47. The molecule has 2 rings (SSSR count). The molecule has 0 saturated carbocycles. The summed E-state index contributed by atoms with van der Waals surface area (Å²) in [5.41, 5.74) is 0. The first kappa shape index (κ1) is 15.5. The van der Waals surface area contributed by atoms with Gasteiger partial charge in [0.05, 0.1) is 25.4 Å². The molecule has 2 N–H and O–H groups in total. The zero-order valence-electron chi connectivity index (χ0n) is 11.6. The third-order valence-electron chi connectivity index (χ3n) is 3.52. The van der Waals surface area contributed by atoms with E-state index in [1.807, 2.05) is 0 Å². The van der Waals surface area contributed by atoms with E-state index in [2.05, 4.69) is 0 Å². The highest BCUT2D eigenvalue weighted by molar-refractivity contribution is 5.67. The smallest absolute Gasteiger partial charge is 0.409 e. The standard InChI is InChI=1S/C13H23NO6/c15-9-11-7-10(16)8-12(20-11)18-5-6-19-13(17)14-3-1-2-4-14/h10-12,15-16H,1-9H2. The van der Waals surface area contributed by atoms with Gasteiger partial charge in [-0.25, -0.2) is 4.79 Å². The Bertz CT molecular complexity index is 307. The first-order valence-electron chi connectivity index (χ1n) is 7.16. The number of ether oxygens (including phenoxy) is 3. The molecule has 2 fully saturated rings. The maximum Gasteiger partial charge on any atom is 0.409 e. The monoisotopic (exact) mass is 289 g/mol. The summed E-state index contributed by atoms with van der Waals surface area (Å²) in [6, 6.07) is 0. The minimum absolute atomic E-state index is 0.138. The van der Waals surface area contributed by atoms with Crippen LogP contribution in [-0.2, 0) is 14.2 Å². The Labute approximate surface area is 118 Å². The molecule has 3 unspecified atom stereocenters. The molecule has 0 bridgehead atoms. The van der Waals surface area contributed by atoms with Crippen LogP contribution in [0.25, 0.3) is 0 Å². The molecule has 2 saturated heterocycles. The van der Waals surface area contributed by atoms with Gasteiger partial charge < -0.3 is 29.3 Å². The molecule has 20 heavy (non-hydrogen) atoms. The molecule has 3 atom stereocenters. The summed E-state index contributed by atoms with van der Waals surface area (Å²) in [6.07, 6.45) is 1.07. The van der Waals surface area contributed by atoms with Crippen molar-refractivity contribution in [2.45, 2.75) is 44.2 Å². The topological polar surface area (TPSA) is 88.5 Å². The van der Waals surface area contributed by atoms with Crippen LogP contribution in [-0.4, -0.2) is 72.6 Å². The fraction of sp³-hybridized carbons (Fsp3) is 0.923. The average molecular weight is 289 g/mol. The second-order valence-corrected chi connectivity index (χ2v) is 5.17. The zero-order chi connectivity index (χ0) is 14.4. The van der Waals surface area contributed by atoms with Crippen molar-refractivity contribution in [2.75, 3.05) is 32.9 Å². The zero-order valence-corrected chi connectivity index (χ0v) is 11.6. The Hall–Kier alpha value is -0.890. The van der Waals surface area contributed by atoms with E-state index in [1.165, 1.54) is 0 Å². The normalized spacial score (nSPS) is 30.5. The molecule has 0 aromatic carbocycles. The van der Waals surface area contributed by atoms with Gasteiger partial charge in [-0.15, -0.1) is 0 Å². The summed E-state index contributed by atoms with van der Waals surface area (Å²) in [5, 5.41) is 18.6. The average Bonchev–Trinajstić information content (AvgIpc) is 2.97. The Morgan fingerprint density at radius 2 is 2.00 bits per heavy atom. The number of amides is 1. The summed E-state index contributed by atoms with van der Waals surface area (Å²) < 4.78 is 15.9. The van der Waals surface area contributed by atoms with E-state index in [4.69, 9.17) is 19.3 Å². The van der Waals surface area contributed by atoms with Crippen molar-refractivity contribution in [3.8, 4) is 0 Å². The van der Waals surface area contributed by atoms with Crippen molar-refractivity contribution in [3.63, 3.8) is 0 Å². The number of nitrogens with zero attached hydrogens (tertiary/aromatic N) is 1. The summed E-state index contributed by atoms with van der Waals surface area (Å²) in [6.45, 7) is 1.76. The van der Waals surface area contributed by atoms with Crippen LogP contribution < -0.4 is 0 Å². The molecule has 2 aliphatic rings. The van der Waals surface area contributed by atoms with Crippen molar-refractivity contribution in [1.82, 2.24) is 4.90 Å². The van der Waals surface area contributed by atoms with Crippen LogP contribution in [0.15, 0.2) is 0 Å². The van der Waals surface area contributed by atoms with Gasteiger partial charge in [0.25, 0.3) is 0 Å². The molecule has 2 heterocycles. The molecule has 7 heteroatoms. The molecule has 0 spiro atoms. The minimum atomic E-state index is -0.554. The lowest BCUT2D eigenvalue weighted by Gasteiger charge is -2.31. The van der Waals surface area contributed by atoms with E-state index < -0.39 is 18.5 Å². The lowest BCUT2D eigenvalue weighted by molar-refractivity contribution is -0.223. The van der Waals surface area contributed by atoms with Crippen LogP contribution >= 0.6 is 0 Å². The van der Waals surface area contributed by atoms with Crippen LogP contribution in [0, 0.1) is 0 Å². The van der Waals surface area contributed by atoms with Crippen molar-refractivity contribution in [3.05, 3.63) is 0 Å². The first-order chi connectivity index (χ1) is 9.69. The van der Waals surface area contributed by atoms with Crippen molar-refractivity contribution < 1.29 is 29.2 Å². The number of hydrogen-bond donors (Lipinski definition) is 2. The molecular weight excluding hydrogens is 266 g/mol. The third kappa shape index (κ3) is 4.59. The highest BCUT2D eigenvalue weighted by Gasteiger charge is 2.28. The number of carbonyl (C=O) groups excluding carboxylic acids is 1. The van der Waals surface area contributed by atoms with Crippen molar-refractivity contribution in [2.24, 2.45) is 0 Å². The van der Waals surface area contributed by atoms with Gasteiger partial charge >= 0.3 is 6.09 Å². The maximum absolute atomic E-state index is 11.6. The van der Waals surface area contributed by atoms with E-state index >= 15 is 0 Å². The molecule has 0 aromatic rings. The molecule has 7 nitrogen and oxygen atoms in total. The second kappa shape index (κ2) is 7.78. The predicted molar refractivity (Wildman–Crippen MR) is 69.1 cm³/mol. The van der Waals surface area contributed by atoms with Crippen molar-refractivity contribution >= 4 is 6.09 Å². The van der Waals surface area contributed by atoms with Gasteiger partial charge in [0.15, 0.2) is 6.29 Å². The molecule has 1 amide bonds. The Kier molecular flexibility index (Phi) is 6.03. The summed E-state index contributed by atoms with van der Waals surface area (Å²) >= 11 is 0. The highest BCUT2D eigenvalue weighted by atomic mass is 16.7. The summed E-state index contributed by atoms with van der Waals surface area (Å²) in [5.74, 6) is 0. The maximum atomic E-state index is 11.6. The van der Waals surface area contributed by atoms with Gasteiger partial charge in [-0.05, 0) is 12.8 Å². The first-order valence-corrected chi connectivity index (χ1v) is 7.16. The lowest BCUT2D eigenvalue weighted by atomic mass is 10.1. The lowest BCUT2D eigenvalue weighted by Crippen LogP contribution is -2.39. The van der Waals surface area contributed by atoms with E-state index in [0.29, 0.717) is 12.8 Å². The number of aliphatic hydroxyl groups excluding tert-OH is 2. The van der Waals surface area contributed by atoms with Crippen LogP contribution in [0.4, 0.5) is 4.79 Å². The van der Waals surface area contributed by atoms with Crippen LogP contribution in [0.1, 0.15) is 25.7 Å². The van der Waals surface area contributed by atoms with Gasteiger partial charge in [-0.1, -0.05) is 0 Å². The molecule has 2 aliphatic heterocycles. The van der Waals surface area contributed by atoms with E-state index in [0.717, 1.165) is 25.9 Å². The molecule has 0 aliphatic carbocycles. The largest absolute Gasteiger partial charge is 0.447 e. The SMILES string of the molecule is O=C(OCCOC1CC(O)CC(CO)O1)N1CCCC1. The molecule has 0 aromatic heterocycles. The number of hydrogen-bond acceptors (Lipinski definition) is 6. The molecule has 0 radical (unpaired) electrons. The van der Waals surface area contributed by atoms with Crippen LogP contribution in [0.5, 0.6) is 0 Å². The number of rotatable bonds is 5. The number of aliphatic hydroxyl groups is 2. The summed E-state index contributed by atoms with van der Waals surface area (Å²) in [7, 11) is 0. The quantitative estimate of drug-likeness (QED) is 0.698. The van der Waals surface area contributed by atoms with E-state index in [1.54, 1.807) is 4.90 Å². The van der Waals surface area contributed by atoms with E-state index in [-0.39, 0.29) is 25.9 Å². The number of carbonyl (C=O) groups is 1. The van der Waals surface area contributed by atoms with Gasteiger partial charge in [0.2, 0.25) is 0 Å². The fourth-order valence-electron chi connectivity index (χ4n) is 2.47. The third-order valence-corrected chi connectivity index (χ3v) is 3.52. The second-order valence-electron chi connectivity index (χ2n) is 5.17. The van der Waals surface area contributed by atoms with Gasteiger partial charge in [-0.2, -0.15) is 0 Å². The van der Waals surface area contributed by atoms with Crippen LogP contribution in [0.2, 0.25) is 0 Å². The Balaban J connectivity index is 1.59. The van der Waals surface area contributed by atoms with Gasteiger partial charge in [0, 0.05) is 25.9 Å². The molecule has 116 valence electrons. The van der Waals surface area contributed by atoms with Crippen LogP contribution in [0.3, 0.4) is 0 Å². The Morgan fingerprint density at radius 3 is 2.70 bits per heavy atom.